The number of hydrogen-bond donors (Lipinski definition) is 1. The van der Waals surface area contributed by atoms with E-state index in [4.69, 9.17) is 21.4 Å². The van der Waals surface area contributed by atoms with Crippen molar-refractivity contribution in [2.45, 2.75) is 42.5 Å². The molecule has 0 saturated carbocycles. The van der Waals surface area contributed by atoms with Gasteiger partial charge in [0.25, 0.3) is 10.0 Å². The van der Waals surface area contributed by atoms with Gasteiger partial charge < -0.3 is 19.5 Å². The summed E-state index contributed by atoms with van der Waals surface area (Å²) in [6.45, 7) is -2.73. The molecule has 8 nitrogen and oxygen atoms in total. The average molecular weight is 647 g/mol. The lowest BCUT2D eigenvalue weighted by Gasteiger charge is -2.43. The van der Waals surface area contributed by atoms with Gasteiger partial charge in [-0.15, -0.1) is 0 Å². The van der Waals surface area contributed by atoms with Crippen LogP contribution in [0.3, 0.4) is 0 Å². The molecule has 3 aromatic carbocycles. The molecule has 43 heavy (non-hydrogen) atoms. The fraction of sp³-hybridized carbons (Fsp3) is 0.321. The number of benzene rings is 3. The van der Waals surface area contributed by atoms with Crippen LogP contribution < -0.4 is 18.7 Å². The molecule has 1 saturated heterocycles. The summed E-state index contributed by atoms with van der Waals surface area (Å²) in [7, 11) is -4.55. The lowest BCUT2D eigenvalue weighted by Crippen LogP contribution is -2.46. The molecular formula is C28H24ClF5N2O6S. The Morgan fingerprint density at radius 2 is 1.79 bits per heavy atom. The van der Waals surface area contributed by atoms with E-state index in [-0.39, 0.29) is 53.2 Å². The highest BCUT2D eigenvalue weighted by Crippen LogP contribution is 2.45. The number of fused-ring (bicyclic) bond motifs is 1. The minimum absolute atomic E-state index is 0.0381. The summed E-state index contributed by atoms with van der Waals surface area (Å²) in [6.07, 6.45) is -6.00. The normalized spacial score (nSPS) is 17.3. The topological polar surface area (TPSA) is 96.4 Å². The molecule has 3 aromatic rings. The van der Waals surface area contributed by atoms with Gasteiger partial charge in [-0.2, -0.15) is 22.0 Å². The van der Waals surface area contributed by atoms with Crippen LogP contribution in [0.5, 0.6) is 11.5 Å². The molecule has 0 amide bonds. The smallest absolute Gasteiger partial charge is 0.416 e. The maximum absolute atomic E-state index is 13.8. The van der Waals surface area contributed by atoms with Crippen LogP contribution in [0.4, 0.5) is 33.3 Å². The maximum Gasteiger partial charge on any atom is 0.416 e. The standard InChI is InChI=1S/C28H24ClF5N2O6S/c29-21-5-2-6-24(42-27(30)31)26(21)35-13-17(14-35)16-7-9-23-22(11-16)36(15-19(41-23)8-10-25(37)38)43(39,40)20-4-1-3-18(12-20)28(32,33)34/h1-7,9,11-12,17,19,27H,8,10,13-15H2,(H,37,38). The first-order chi connectivity index (χ1) is 20.2. The number of carboxylic acid groups (broad SMARTS) is 1. The lowest BCUT2D eigenvalue weighted by atomic mass is 9.90. The molecular weight excluding hydrogens is 623 g/mol. The van der Waals surface area contributed by atoms with E-state index in [0.29, 0.717) is 24.7 Å². The van der Waals surface area contributed by atoms with Gasteiger partial charge in [0.15, 0.2) is 5.75 Å². The summed E-state index contributed by atoms with van der Waals surface area (Å²) >= 11 is 6.27. The predicted octanol–water partition coefficient (Wildman–Crippen LogP) is 6.39. The van der Waals surface area contributed by atoms with E-state index < -0.39 is 45.3 Å². The summed E-state index contributed by atoms with van der Waals surface area (Å²) < 4.78 is 105. The van der Waals surface area contributed by atoms with Gasteiger partial charge in [0.05, 0.1) is 33.4 Å². The second-order valence-electron chi connectivity index (χ2n) is 10.0. The van der Waals surface area contributed by atoms with Crippen molar-refractivity contribution in [2.75, 3.05) is 28.8 Å². The van der Waals surface area contributed by atoms with Crippen LogP contribution in [0, 0.1) is 0 Å². The fourth-order valence-corrected chi connectivity index (χ4v) is 6.90. The molecule has 0 aliphatic carbocycles. The summed E-state index contributed by atoms with van der Waals surface area (Å²) in [5.41, 5.74) is -0.103. The van der Waals surface area contributed by atoms with Crippen LogP contribution in [0.1, 0.15) is 29.9 Å². The van der Waals surface area contributed by atoms with Gasteiger partial charge in [0.2, 0.25) is 0 Å². The molecule has 2 aliphatic heterocycles. The molecule has 0 bridgehead atoms. The zero-order valence-corrected chi connectivity index (χ0v) is 23.7. The number of hydrogen-bond acceptors (Lipinski definition) is 6. The van der Waals surface area contributed by atoms with Crippen LogP contribution in [-0.2, 0) is 21.0 Å². The zero-order chi connectivity index (χ0) is 31.1. The molecule has 1 N–H and O–H groups in total. The van der Waals surface area contributed by atoms with E-state index in [0.717, 1.165) is 22.5 Å². The highest BCUT2D eigenvalue weighted by atomic mass is 35.5. The number of sulfonamides is 1. The zero-order valence-electron chi connectivity index (χ0n) is 22.1. The number of rotatable bonds is 9. The second-order valence-corrected chi connectivity index (χ2v) is 12.3. The van der Waals surface area contributed by atoms with Crippen LogP contribution in [0.2, 0.25) is 5.02 Å². The number of alkyl halides is 5. The van der Waals surface area contributed by atoms with Gasteiger partial charge in [-0.3, -0.25) is 9.10 Å². The second kappa shape index (κ2) is 11.7. The van der Waals surface area contributed by atoms with E-state index in [2.05, 4.69) is 4.74 Å². The van der Waals surface area contributed by atoms with Crippen LogP contribution in [0.25, 0.3) is 0 Å². The Morgan fingerprint density at radius 3 is 2.47 bits per heavy atom. The minimum Gasteiger partial charge on any atom is -0.486 e. The molecule has 5 rings (SSSR count). The fourth-order valence-electron chi connectivity index (χ4n) is 5.07. The number of halogens is 6. The van der Waals surface area contributed by atoms with Crippen LogP contribution in [0.15, 0.2) is 65.6 Å². The molecule has 1 unspecified atom stereocenters. The van der Waals surface area contributed by atoms with Crippen molar-refractivity contribution in [3.63, 3.8) is 0 Å². The first-order valence-electron chi connectivity index (χ1n) is 12.9. The summed E-state index contributed by atoms with van der Waals surface area (Å²) in [4.78, 5) is 12.3. The van der Waals surface area contributed by atoms with Crippen LogP contribution >= 0.6 is 11.6 Å². The monoisotopic (exact) mass is 646 g/mol. The number of nitrogens with zero attached hydrogens (tertiary/aromatic N) is 2. The SMILES string of the molecule is O=C(O)CCC1CN(S(=O)(=O)c2cccc(C(F)(F)F)c2)c2cc(C3CN(c4c(Cl)cccc4OC(F)F)C3)ccc2O1. The quantitative estimate of drug-likeness (QED) is 0.269. The third-order valence-electron chi connectivity index (χ3n) is 7.18. The number of anilines is 2. The van der Waals surface area contributed by atoms with Crippen molar-refractivity contribution < 1.29 is 49.7 Å². The van der Waals surface area contributed by atoms with Gasteiger partial charge in [-0.1, -0.05) is 29.8 Å². The minimum atomic E-state index is -4.77. The Balaban J connectivity index is 1.46. The highest BCUT2D eigenvalue weighted by molar-refractivity contribution is 7.92. The van der Waals surface area contributed by atoms with Crippen molar-refractivity contribution in [3.05, 3.63) is 76.8 Å². The Bertz CT molecular complexity index is 1630. The number of aliphatic carboxylic acids is 1. The van der Waals surface area contributed by atoms with Gasteiger partial charge in [0, 0.05) is 25.4 Å². The van der Waals surface area contributed by atoms with E-state index in [1.807, 2.05) is 0 Å². The van der Waals surface area contributed by atoms with Crippen molar-refractivity contribution in [1.82, 2.24) is 0 Å². The molecule has 2 aliphatic rings. The predicted molar refractivity (Wildman–Crippen MR) is 147 cm³/mol. The first kappa shape index (κ1) is 30.7. The number of carbonyl (C=O) groups is 1. The summed E-state index contributed by atoms with van der Waals surface area (Å²) in [5.74, 6) is -1.28. The molecule has 0 spiro atoms. The Labute approximate surface area is 248 Å². The van der Waals surface area contributed by atoms with Crippen molar-refractivity contribution in [2.24, 2.45) is 0 Å². The van der Waals surface area contributed by atoms with E-state index in [9.17, 15) is 35.2 Å². The molecule has 230 valence electrons. The van der Waals surface area contributed by atoms with Gasteiger partial charge in [0.1, 0.15) is 11.9 Å². The van der Waals surface area contributed by atoms with Gasteiger partial charge in [-0.05, 0) is 54.4 Å². The molecule has 1 fully saturated rings. The summed E-state index contributed by atoms with van der Waals surface area (Å²) in [5, 5.41) is 9.32. The number of para-hydroxylation sites is 1. The van der Waals surface area contributed by atoms with E-state index in [1.165, 1.54) is 24.3 Å². The summed E-state index contributed by atoms with van der Waals surface area (Å²) in [6, 6.07) is 12.5. The molecule has 2 heterocycles. The number of carboxylic acids is 1. The Morgan fingerprint density at radius 1 is 1.07 bits per heavy atom. The van der Waals surface area contributed by atoms with Crippen molar-refractivity contribution in [3.8, 4) is 11.5 Å². The molecule has 1 atom stereocenters. The van der Waals surface area contributed by atoms with Gasteiger partial charge in [-0.25, -0.2) is 8.42 Å². The molecule has 15 heteroatoms. The van der Waals surface area contributed by atoms with Crippen molar-refractivity contribution in [1.29, 1.82) is 0 Å². The molecule has 0 aromatic heterocycles. The average Bonchev–Trinajstić information content (AvgIpc) is 2.91. The lowest BCUT2D eigenvalue weighted by molar-refractivity contribution is -0.138. The number of ether oxygens (including phenoxy) is 2. The van der Waals surface area contributed by atoms with E-state index >= 15 is 0 Å². The third-order valence-corrected chi connectivity index (χ3v) is 9.26. The third kappa shape index (κ3) is 6.44. The van der Waals surface area contributed by atoms with Crippen LogP contribution in [-0.4, -0.2) is 51.8 Å². The Hall–Kier alpha value is -3.78. The molecule has 0 radical (unpaired) electrons. The highest BCUT2D eigenvalue weighted by Gasteiger charge is 2.39. The first-order valence-corrected chi connectivity index (χ1v) is 14.8. The Kier molecular flexibility index (Phi) is 8.36. The van der Waals surface area contributed by atoms with E-state index in [1.54, 1.807) is 17.0 Å². The maximum atomic E-state index is 13.8. The largest absolute Gasteiger partial charge is 0.486 e. The van der Waals surface area contributed by atoms with Crippen molar-refractivity contribution >= 4 is 39.0 Å². The van der Waals surface area contributed by atoms with Gasteiger partial charge >= 0.3 is 18.8 Å².